The highest BCUT2D eigenvalue weighted by molar-refractivity contribution is 7.22. The van der Waals surface area contributed by atoms with E-state index in [1.807, 2.05) is 56.0 Å². The number of aryl methyl sites for hydroxylation is 3. The summed E-state index contributed by atoms with van der Waals surface area (Å²) in [4.78, 5) is 22.8. The molecule has 7 heteroatoms. The molecule has 0 radical (unpaired) electrons. The number of carbonyl (C=O) groups excluding carboxylic acids is 1. The maximum atomic E-state index is 13.7. The molecule has 0 N–H and O–H groups in total. The number of aromatic nitrogens is 1. The van der Waals surface area contributed by atoms with Crippen molar-refractivity contribution >= 4 is 44.2 Å². The van der Waals surface area contributed by atoms with Gasteiger partial charge in [0.05, 0.1) is 23.4 Å². The number of hydrogen-bond donors (Lipinski definition) is 0. The van der Waals surface area contributed by atoms with Crippen LogP contribution < -0.4 is 4.90 Å². The Morgan fingerprint density at radius 2 is 1.94 bits per heavy atom. The minimum atomic E-state index is 0.00554. The lowest BCUT2D eigenvalue weighted by atomic mass is 10.0. The van der Waals surface area contributed by atoms with Crippen LogP contribution in [0.5, 0.6) is 0 Å². The Morgan fingerprint density at radius 3 is 2.71 bits per heavy atom. The van der Waals surface area contributed by atoms with Gasteiger partial charge in [0.1, 0.15) is 0 Å². The molecule has 5 nitrogen and oxygen atoms in total. The number of halogens is 1. The van der Waals surface area contributed by atoms with Crippen molar-refractivity contribution in [2.24, 2.45) is 0 Å². The predicted molar refractivity (Wildman–Crippen MR) is 129 cm³/mol. The van der Waals surface area contributed by atoms with E-state index in [9.17, 15) is 4.79 Å². The van der Waals surface area contributed by atoms with Crippen LogP contribution in [-0.4, -0.2) is 55.2 Å². The summed E-state index contributed by atoms with van der Waals surface area (Å²) in [5.74, 6) is 0.00554. The van der Waals surface area contributed by atoms with E-state index in [1.165, 1.54) is 11.3 Å². The highest BCUT2D eigenvalue weighted by Crippen LogP contribution is 2.34. The van der Waals surface area contributed by atoms with Gasteiger partial charge in [0.2, 0.25) is 0 Å². The minimum Gasteiger partial charge on any atom is -0.379 e. The summed E-state index contributed by atoms with van der Waals surface area (Å²) in [6.45, 7) is 11.0. The number of amides is 1. The number of ether oxygens (including phenoxy) is 1. The maximum absolute atomic E-state index is 13.7. The van der Waals surface area contributed by atoms with Crippen LogP contribution in [0.25, 0.3) is 10.2 Å². The lowest BCUT2D eigenvalue weighted by molar-refractivity contribution is 0.0376. The third kappa shape index (κ3) is 5.09. The molecule has 31 heavy (non-hydrogen) atoms. The van der Waals surface area contributed by atoms with Gasteiger partial charge in [0.25, 0.3) is 5.91 Å². The van der Waals surface area contributed by atoms with Crippen molar-refractivity contribution in [3.05, 3.63) is 57.6 Å². The second kappa shape index (κ2) is 9.65. The van der Waals surface area contributed by atoms with Crippen LogP contribution in [0.1, 0.15) is 33.5 Å². The standard InChI is InChI=1S/C24H28ClN3O2S/c1-16-5-6-17(2)20(13-16)23(29)28(8-4-7-27-9-11-30-12-10-27)24-26-22-18(3)14-19(25)15-21(22)31-24/h5-6,13-15H,4,7-12H2,1-3H3. The molecule has 3 aromatic rings. The third-order valence-electron chi connectivity index (χ3n) is 5.70. The molecular formula is C24H28ClN3O2S. The molecule has 0 aliphatic carbocycles. The number of anilines is 1. The normalized spacial score (nSPS) is 14.8. The number of morpholine rings is 1. The highest BCUT2D eigenvalue weighted by atomic mass is 35.5. The molecule has 1 fully saturated rings. The predicted octanol–water partition coefficient (Wildman–Crippen LogP) is 5.24. The molecular weight excluding hydrogens is 430 g/mol. The van der Waals surface area contributed by atoms with E-state index in [1.54, 1.807) is 0 Å². The zero-order valence-electron chi connectivity index (χ0n) is 18.3. The van der Waals surface area contributed by atoms with Gasteiger partial charge in [0, 0.05) is 36.8 Å². The van der Waals surface area contributed by atoms with E-state index < -0.39 is 0 Å². The Morgan fingerprint density at radius 1 is 1.16 bits per heavy atom. The van der Waals surface area contributed by atoms with Gasteiger partial charge in [-0.25, -0.2) is 4.98 Å². The Kier molecular flexibility index (Phi) is 6.92. The van der Waals surface area contributed by atoms with Gasteiger partial charge in [-0.2, -0.15) is 0 Å². The number of hydrogen-bond acceptors (Lipinski definition) is 5. The van der Waals surface area contributed by atoms with E-state index in [-0.39, 0.29) is 5.91 Å². The van der Waals surface area contributed by atoms with Crippen molar-refractivity contribution in [2.75, 3.05) is 44.3 Å². The summed E-state index contributed by atoms with van der Waals surface area (Å²) >= 11 is 7.79. The fourth-order valence-electron chi connectivity index (χ4n) is 3.93. The summed E-state index contributed by atoms with van der Waals surface area (Å²) in [6.07, 6.45) is 0.881. The van der Waals surface area contributed by atoms with Gasteiger partial charge in [-0.1, -0.05) is 40.6 Å². The SMILES string of the molecule is Cc1ccc(C)c(C(=O)N(CCCN2CCOCC2)c2nc3c(C)cc(Cl)cc3s2)c1. The van der Waals surface area contributed by atoms with Crippen LogP contribution in [-0.2, 0) is 4.74 Å². The number of thiazole rings is 1. The first-order valence-corrected chi connectivity index (χ1v) is 11.9. The van der Waals surface area contributed by atoms with Gasteiger partial charge < -0.3 is 4.74 Å². The van der Waals surface area contributed by atoms with Crippen LogP contribution in [0.3, 0.4) is 0 Å². The van der Waals surface area contributed by atoms with Gasteiger partial charge in [-0.3, -0.25) is 14.6 Å². The number of nitrogens with zero attached hydrogens (tertiary/aromatic N) is 3. The summed E-state index contributed by atoms with van der Waals surface area (Å²) in [6, 6.07) is 9.87. The first kappa shape index (κ1) is 22.2. The zero-order valence-corrected chi connectivity index (χ0v) is 19.9. The molecule has 4 rings (SSSR count). The van der Waals surface area contributed by atoms with E-state index in [2.05, 4.69) is 4.90 Å². The van der Waals surface area contributed by atoms with Crippen LogP contribution in [0.15, 0.2) is 30.3 Å². The molecule has 1 aliphatic rings. The van der Waals surface area contributed by atoms with Crippen LogP contribution >= 0.6 is 22.9 Å². The third-order valence-corrected chi connectivity index (χ3v) is 6.94. The Hall–Kier alpha value is -1.99. The van der Waals surface area contributed by atoms with Crippen LogP contribution in [0.4, 0.5) is 5.13 Å². The molecule has 0 spiro atoms. The Labute approximate surface area is 192 Å². The van der Waals surface area contributed by atoms with E-state index >= 15 is 0 Å². The number of fused-ring (bicyclic) bond motifs is 1. The molecule has 2 heterocycles. The molecule has 2 aromatic carbocycles. The lowest BCUT2D eigenvalue weighted by Crippen LogP contribution is -2.39. The Balaban J connectivity index is 1.64. The van der Waals surface area contributed by atoms with Crippen molar-refractivity contribution in [2.45, 2.75) is 27.2 Å². The van der Waals surface area contributed by atoms with Crippen molar-refractivity contribution in [3.8, 4) is 0 Å². The fraction of sp³-hybridized carbons (Fsp3) is 0.417. The monoisotopic (exact) mass is 457 g/mol. The number of rotatable bonds is 6. The molecule has 1 saturated heterocycles. The van der Waals surface area contributed by atoms with E-state index in [0.29, 0.717) is 11.6 Å². The molecule has 1 amide bonds. The van der Waals surface area contributed by atoms with Crippen LogP contribution in [0, 0.1) is 20.8 Å². The van der Waals surface area contributed by atoms with E-state index in [0.717, 1.165) is 76.9 Å². The Bertz CT molecular complexity index is 1090. The quantitative estimate of drug-likeness (QED) is 0.507. The van der Waals surface area contributed by atoms with Crippen molar-refractivity contribution < 1.29 is 9.53 Å². The average molecular weight is 458 g/mol. The summed E-state index contributed by atoms with van der Waals surface area (Å²) in [7, 11) is 0. The van der Waals surface area contributed by atoms with Crippen molar-refractivity contribution in [3.63, 3.8) is 0 Å². The largest absolute Gasteiger partial charge is 0.379 e. The molecule has 0 unspecified atom stereocenters. The van der Waals surface area contributed by atoms with Gasteiger partial charge in [-0.05, 0) is 56.5 Å². The molecule has 0 saturated carbocycles. The molecule has 1 aromatic heterocycles. The zero-order chi connectivity index (χ0) is 22.0. The molecule has 0 atom stereocenters. The second-order valence-corrected chi connectivity index (χ2v) is 9.59. The number of carbonyl (C=O) groups is 1. The van der Waals surface area contributed by atoms with Crippen LogP contribution in [0.2, 0.25) is 5.02 Å². The van der Waals surface area contributed by atoms with Gasteiger partial charge >= 0.3 is 0 Å². The summed E-state index contributed by atoms with van der Waals surface area (Å²) in [5.41, 5.74) is 4.73. The summed E-state index contributed by atoms with van der Waals surface area (Å²) in [5, 5.41) is 1.42. The second-order valence-electron chi connectivity index (χ2n) is 8.15. The van der Waals surface area contributed by atoms with Crippen molar-refractivity contribution in [1.82, 2.24) is 9.88 Å². The minimum absolute atomic E-state index is 0.00554. The summed E-state index contributed by atoms with van der Waals surface area (Å²) < 4.78 is 6.45. The van der Waals surface area contributed by atoms with Crippen molar-refractivity contribution in [1.29, 1.82) is 0 Å². The van der Waals surface area contributed by atoms with Gasteiger partial charge in [-0.15, -0.1) is 0 Å². The maximum Gasteiger partial charge on any atom is 0.260 e. The highest BCUT2D eigenvalue weighted by Gasteiger charge is 2.23. The topological polar surface area (TPSA) is 45.7 Å². The van der Waals surface area contributed by atoms with E-state index in [4.69, 9.17) is 21.3 Å². The smallest absolute Gasteiger partial charge is 0.260 e. The molecule has 0 bridgehead atoms. The first-order chi connectivity index (χ1) is 14.9. The number of benzene rings is 2. The average Bonchev–Trinajstić information content (AvgIpc) is 3.17. The first-order valence-electron chi connectivity index (χ1n) is 10.7. The molecule has 1 aliphatic heterocycles. The fourth-order valence-corrected chi connectivity index (χ4v) is 5.38. The molecule has 164 valence electrons. The van der Waals surface area contributed by atoms with Gasteiger partial charge in [0.15, 0.2) is 5.13 Å². The lowest BCUT2D eigenvalue weighted by Gasteiger charge is -2.28.